The molecule has 0 atom stereocenters. The van der Waals surface area contributed by atoms with Crippen molar-refractivity contribution in [1.29, 1.82) is 10.7 Å². The summed E-state index contributed by atoms with van der Waals surface area (Å²) < 4.78 is 11.0. The van der Waals surface area contributed by atoms with Crippen molar-refractivity contribution in [2.24, 2.45) is 0 Å². The summed E-state index contributed by atoms with van der Waals surface area (Å²) in [4.78, 5) is 27.8. The quantitative estimate of drug-likeness (QED) is 0.211. The Morgan fingerprint density at radius 3 is 2.82 bits per heavy atom. The number of nitriles is 1. The maximum absolute atomic E-state index is 11.8. The first kappa shape index (κ1) is 20.9. The molecule has 0 aliphatic rings. The molecule has 28 heavy (non-hydrogen) atoms. The third-order valence-corrected chi connectivity index (χ3v) is 3.68. The molecule has 0 aliphatic heterocycles. The van der Waals surface area contributed by atoms with E-state index in [1.54, 1.807) is 24.3 Å². The van der Waals surface area contributed by atoms with Gasteiger partial charge in [0.1, 0.15) is 24.1 Å². The Morgan fingerprint density at radius 2 is 2.18 bits per heavy atom. The van der Waals surface area contributed by atoms with Crippen LogP contribution in [0.15, 0.2) is 23.0 Å². The number of H-pyrrole nitrogens is 2. The molecular weight excluding hydrogens is 402 g/mol. The van der Waals surface area contributed by atoms with Crippen molar-refractivity contribution in [3.63, 3.8) is 0 Å². The third-order valence-electron chi connectivity index (χ3n) is 3.36. The number of nitrogens with zero attached hydrogens (tertiary/aromatic N) is 1. The second-order valence-corrected chi connectivity index (χ2v) is 6.03. The fraction of sp³-hybridized carbons (Fsp3) is 0.118. The van der Waals surface area contributed by atoms with Crippen LogP contribution in [0, 0.1) is 21.5 Å². The van der Waals surface area contributed by atoms with Gasteiger partial charge in [0.2, 0.25) is 0 Å². The molecule has 11 heteroatoms. The van der Waals surface area contributed by atoms with Gasteiger partial charge in [0.05, 0.1) is 12.8 Å². The maximum Gasteiger partial charge on any atom is 0.281 e. The van der Waals surface area contributed by atoms with Crippen LogP contribution in [0.4, 0.5) is 4.79 Å². The monoisotopic (exact) mass is 417 g/mol. The topological polar surface area (TPSA) is 144 Å². The van der Waals surface area contributed by atoms with Crippen LogP contribution in [-0.4, -0.2) is 34.8 Å². The molecule has 144 valence electrons. The predicted molar refractivity (Wildman–Crippen MR) is 110 cm³/mol. The van der Waals surface area contributed by atoms with Gasteiger partial charge in [0, 0.05) is 5.56 Å². The van der Waals surface area contributed by atoms with E-state index in [9.17, 15) is 14.9 Å². The number of ether oxygens (including phenoxy) is 2. The van der Waals surface area contributed by atoms with Crippen LogP contribution in [0.25, 0.3) is 12.2 Å². The molecule has 9 nitrogen and oxygen atoms in total. The number of thiol groups is 1. The summed E-state index contributed by atoms with van der Waals surface area (Å²) >= 11 is 8.47. The van der Waals surface area contributed by atoms with Gasteiger partial charge in [-0.2, -0.15) is 5.26 Å². The van der Waals surface area contributed by atoms with E-state index in [-0.39, 0.29) is 28.5 Å². The van der Waals surface area contributed by atoms with Crippen molar-refractivity contribution in [2.45, 2.75) is 0 Å². The summed E-state index contributed by atoms with van der Waals surface area (Å²) in [5.74, 6) is 0.513. The Labute approximate surface area is 169 Å². The van der Waals surface area contributed by atoms with E-state index in [4.69, 9.17) is 27.1 Å². The van der Waals surface area contributed by atoms with Crippen molar-refractivity contribution in [2.75, 3.05) is 13.7 Å². The zero-order valence-corrected chi connectivity index (χ0v) is 16.2. The fourth-order valence-corrected chi connectivity index (χ4v) is 2.54. The number of aromatic nitrogens is 2. The molecule has 0 radical (unpaired) electrons. The molecule has 0 bridgehead atoms. The summed E-state index contributed by atoms with van der Waals surface area (Å²) in [6.07, 6.45) is 3.10. The van der Waals surface area contributed by atoms with E-state index >= 15 is 0 Å². The molecular formula is C17H15N5O4S2. The lowest BCUT2D eigenvalue weighted by molar-refractivity contribution is 0.263. The number of methoxy groups -OCH3 is 1. The smallest absolute Gasteiger partial charge is 0.281 e. The van der Waals surface area contributed by atoms with Gasteiger partial charge in [0.25, 0.3) is 10.8 Å². The molecule has 4 N–H and O–H groups in total. The molecule has 0 saturated heterocycles. The van der Waals surface area contributed by atoms with Crippen molar-refractivity contribution >= 4 is 48.1 Å². The number of amidine groups is 1. The highest BCUT2D eigenvalue weighted by atomic mass is 32.1. The number of hydrogen-bond donors (Lipinski definition) is 5. The summed E-state index contributed by atoms with van der Waals surface area (Å²) in [6, 6.07) is 6.91. The van der Waals surface area contributed by atoms with Crippen LogP contribution in [0.3, 0.4) is 0 Å². The van der Waals surface area contributed by atoms with Gasteiger partial charge in [-0.25, -0.2) is 0 Å². The summed E-state index contributed by atoms with van der Waals surface area (Å²) in [5, 5.41) is 18.3. The van der Waals surface area contributed by atoms with Gasteiger partial charge in [-0.3, -0.25) is 20.0 Å². The van der Waals surface area contributed by atoms with E-state index in [1.165, 1.54) is 13.2 Å². The lowest BCUT2D eigenvalue weighted by atomic mass is 10.1. The minimum absolute atomic E-state index is 0.0849. The van der Waals surface area contributed by atoms with Crippen LogP contribution in [0.5, 0.6) is 11.5 Å². The number of hydrogen-bond acceptors (Lipinski definition) is 7. The third kappa shape index (κ3) is 5.32. The Bertz CT molecular complexity index is 1100. The lowest BCUT2D eigenvalue weighted by Crippen LogP contribution is -2.30. The maximum atomic E-state index is 11.8. The van der Waals surface area contributed by atoms with Gasteiger partial charge >= 0.3 is 0 Å². The average Bonchev–Trinajstić information content (AvgIpc) is 2.63. The normalized spacial score (nSPS) is 10.3. The van der Waals surface area contributed by atoms with Crippen LogP contribution in [0.1, 0.15) is 16.8 Å². The molecule has 1 heterocycles. The molecule has 0 spiro atoms. The second-order valence-electron chi connectivity index (χ2n) is 5.22. The highest BCUT2D eigenvalue weighted by Gasteiger charge is 2.11. The van der Waals surface area contributed by atoms with Gasteiger partial charge in [-0.15, -0.1) is 0 Å². The summed E-state index contributed by atoms with van der Waals surface area (Å²) in [5.41, 5.74) is 0.0744. The molecule has 0 fully saturated rings. The number of amides is 1. The molecule has 0 aliphatic carbocycles. The fourth-order valence-electron chi connectivity index (χ4n) is 2.20. The number of para-hydroxylation sites is 1. The minimum Gasteiger partial charge on any atom is -0.493 e. The first-order valence-corrected chi connectivity index (χ1v) is 8.53. The first-order valence-electron chi connectivity index (χ1n) is 7.67. The number of aromatic amines is 2. The first-order chi connectivity index (χ1) is 13.3. The second kappa shape index (κ2) is 9.54. The Morgan fingerprint density at radius 1 is 1.43 bits per heavy atom. The number of carbonyl (C=O) groups excluding carboxylic acids is 1. The summed E-state index contributed by atoms with van der Waals surface area (Å²) in [7, 11) is 1.46. The average molecular weight is 417 g/mol. The van der Waals surface area contributed by atoms with Crippen molar-refractivity contribution in [3.05, 3.63) is 50.1 Å². The lowest BCUT2D eigenvalue weighted by Gasteiger charge is -2.13. The van der Waals surface area contributed by atoms with Crippen LogP contribution in [-0.2, 0) is 0 Å². The molecule has 1 amide bonds. The number of benzene rings is 1. The van der Waals surface area contributed by atoms with Crippen LogP contribution in [0.2, 0.25) is 0 Å². The van der Waals surface area contributed by atoms with Crippen molar-refractivity contribution in [3.8, 4) is 17.6 Å². The molecule has 1 aromatic carbocycles. The van der Waals surface area contributed by atoms with Crippen molar-refractivity contribution < 1.29 is 14.3 Å². The number of carbonyl (C=O) groups is 1. The molecule has 0 saturated carbocycles. The zero-order valence-electron chi connectivity index (χ0n) is 14.5. The number of rotatable bonds is 6. The molecule has 0 unspecified atom stereocenters. The standard InChI is InChI=1S/C17H15N5O4S2/c1-25-12-4-2-3-9(14(12)26-8-13(19)21-17(24)28)5-6-11-10(7-18)15(23)22-16(27)20-11/h2-6H,8H2,1H3,(H3,19,21,24,28)(H2,20,22,23,27)/b6-5+. The largest absolute Gasteiger partial charge is 0.493 e. The van der Waals surface area contributed by atoms with E-state index < -0.39 is 10.8 Å². The van der Waals surface area contributed by atoms with Gasteiger partial charge in [0.15, 0.2) is 16.3 Å². The Kier molecular flexibility index (Phi) is 7.14. The Balaban J connectivity index is 2.39. The van der Waals surface area contributed by atoms with E-state index in [2.05, 4.69) is 27.9 Å². The summed E-state index contributed by atoms with van der Waals surface area (Å²) in [6.45, 7) is -0.232. The van der Waals surface area contributed by atoms with Crippen molar-refractivity contribution in [1.82, 2.24) is 15.3 Å². The number of nitrogens with one attached hydrogen (secondary N) is 4. The van der Waals surface area contributed by atoms with E-state index in [1.807, 2.05) is 6.07 Å². The van der Waals surface area contributed by atoms with Crippen LogP contribution >= 0.6 is 24.8 Å². The van der Waals surface area contributed by atoms with E-state index in [0.717, 1.165) is 0 Å². The van der Waals surface area contributed by atoms with Crippen LogP contribution < -0.4 is 20.3 Å². The Hall–Kier alpha value is -3.36. The van der Waals surface area contributed by atoms with E-state index in [0.29, 0.717) is 17.1 Å². The van der Waals surface area contributed by atoms with Gasteiger partial charge in [-0.05, 0) is 30.4 Å². The molecule has 2 rings (SSSR count). The minimum atomic E-state index is -0.678. The predicted octanol–water partition coefficient (Wildman–Crippen LogP) is 2.48. The highest BCUT2D eigenvalue weighted by Crippen LogP contribution is 2.32. The zero-order chi connectivity index (χ0) is 20.7. The molecule has 2 aromatic rings. The molecule has 1 aromatic heterocycles. The SMILES string of the molecule is COc1cccc(/C=C/c2[nH]c(=S)[nH]c(=O)c2C#N)c1OCC(=N)NC(=O)S. The van der Waals surface area contributed by atoms with Gasteiger partial charge in [-0.1, -0.05) is 24.8 Å². The van der Waals surface area contributed by atoms with Gasteiger partial charge < -0.3 is 19.8 Å². The highest BCUT2D eigenvalue weighted by molar-refractivity contribution is 7.96.